The number of sulfonamides is 1. The van der Waals surface area contributed by atoms with Crippen LogP contribution in [0.25, 0.3) is 0 Å². The molecule has 1 heterocycles. The van der Waals surface area contributed by atoms with Gasteiger partial charge in [-0.25, -0.2) is 18.1 Å². The van der Waals surface area contributed by atoms with Crippen molar-refractivity contribution in [2.45, 2.75) is 32.9 Å². The van der Waals surface area contributed by atoms with Crippen LogP contribution in [0.4, 0.5) is 0 Å². The Bertz CT molecular complexity index is 702. The van der Waals surface area contributed by atoms with Crippen LogP contribution < -0.4 is 4.72 Å². The van der Waals surface area contributed by atoms with Gasteiger partial charge in [0.15, 0.2) is 0 Å². The quantitative estimate of drug-likeness (QED) is 0.889. The van der Waals surface area contributed by atoms with Crippen molar-refractivity contribution in [3.8, 4) is 0 Å². The minimum atomic E-state index is -3.30. The minimum absolute atomic E-state index is 0.0234. The molecule has 21 heavy (non-hydrogen) atoms. The Labute approximate surface area is 130 Å². The maximum absolute atomic E-state index is 12.1. The predicted molar refractivity (Wildman–Crippen MR) is 87.1 cm³/mol. The molecule has 6 heteroatoms. The van der Waals surface area contributed by atoms with E-state index in [4.69, 9.17) is 0 Å². The Kier molecular flexibility index (Phi) is 5.13. The van der Waals surface area contributed by atoms with E-state index in [0.717, 1.165) is 21.8 Å². The number of hydrogen-bond acceptors (Lipinski definition) is 4. The fourth-order valence-corrected chi connectivity index (χ4v) is 4.17. The standard InChI is InChI=1S/C15H20N2O2S2/c1-11-6-4-5-7-14(11)10-21(18,19)16-9-8-15-17-12(2)13(3)20-15/h4-7,16H,8-10H2,1-3H3. The molecule has 2 rings (SSSR count). The van der Waals surface area contributed by atoms with Crippen molar-refractivity contribution in [2.75, 3.05) is 6.54 Å². The molecule has 1 aromatic carbocycles. The monoisotopic (exact) mass is 324 g/mol. The first kappa shape index (κ1) is 16.1. The van der Waals surface area contributed by atoms with Gasteiger partial charge in [-0.2, -0.15) is 0 Å². The molecule has 1 N–H and O–H groups in total. The lowest BCUT2D eigenvalue weighted by Crippen LogP contribution is -2.27. The Morgan fingerprint density at radius 1 is 1.19 bits per heavy atom. The molecule has 0 atom stereocenters. The zero-order valence-electron chi connectivity index (χ0n) is 12.5. The molecule has 0 aliphatic carbocycles. The smallest absolute Gasteiger partial charge is 0.215 e. The van der Waals surface area contributed by atoms with Crippen molar-refractivity contribution in [3.63, 3.8) is 0 Å². The summed E-state index contributed by atoms with van der Waals surface area (Å²) in [6, 6.07) is 7.54. The highest BCUT2D eigenvalue weighted by atomic mass is 32.2. The van der Waals surface area contributed by atoms with E-state index in [1.807, 2.05) is 45.0 Å². The topological polar surface area (TPSA) is 59.1 Å². The number of nitrogens with zero attached hydrogens (tertiary/aromatic N) is 1. The van der Waals surface area contributed by atoms with E-state index in [1.54, 1.807) is 11.3 Å². The lowest BCUT2D eigenvalue weighted by molar-refractivity contribution is 0.580. The summed E-state index contributed by atoms with van der Waals surface area (Å²) in [5.74, 6) is 0.0234. The van der Waals surface area contributed by atoms with Crippen molar-refractivity contribution >= 4 is 21.4 Å². The van der Waals surface area contributed by atoms with Crippen molar-refractivity contribution in [3.05, 3.63) is 51.0 Å². The summed E-state index contributed by atoms with van der Waals surface area (Å²) in [5.41, 5.74) is 2.86. The van der Waals surface area contributed by atoms with E-state index >= 15 is 0 Å². The first-order valence-electron chi connectivity index (χ1n) is 6.82. The minimum Gasteiger partial charge on any atom is -0.246 e. The van der Waals surface area contributed by atoms with Crippen molar-refractivity contribution in [1.29, 1.82) is 0 Å². The lowest BCUT2D eigenvalue weighted by Gasteiger charge is -2.08. The highest BCUT2D eigenvalue weighted by Crippen LogP contribution is 2.16. The third-order valence-electron chi connectivity index (χ3n) is 3.34. The zero-order valence-corrected chi connectivity index (χ0v) is 14.1. The van der Waals surface area contributed by atoms with Gasteiger partial charge in [0, 0.05) is 17.8 Å². The molecule has 2 aromatic rings. The second-order valence-corrected chi connectivity index (χ2v) is 8.17. The molecule has 0 amide bonds. The number of benzene rings is 1. The molecule has 0 unspecified atom stereocenters. The third kappa shape index (κ3) is 4.62. The second-order valence-electron chi connectivity index (χ2n) is 5.08. The maximum Gasteiger partial charge on any atom is 0.215 e. The highest BCUT2D eigenvalue weighted by Gasteiger charge is 2.13. The molecule has 0 bridgehead atoms. The molecular weight excluding hydrogens is 304 g/mol. The molecule has 0 saturated carbocycles. The van der Waals surface area contributed by atoms with Crippen LogP contribution in [0.2, 0.25) is 0 Å². The number of hydrogen-bond donors (Lipinski definition) is 1. The van der Waals surface area contributed by atoms with E-state index in [2.05, 4.69) is 9.71 Å². The normalized spacial score (nSPS) is 11.8. The number of thiazole rings is 1. The Morgan fingerprint density at radius 3 is 2.52 bits per heavy atom. The van der Waals surface area contributed by atoms with Gasteiger partial charge in [0.25, 0.3) is 0 Å². The van der Waals surface area contributed by atoms with E-state index in [1.165, 1.54) is 4.88 Å². The first-order chi connectivity index (χ1) is 9.87. The van der Waals surface area contributed by atoms with Crippen LogP contribution in [0, 0.1) is 20.8 Å². The molecule has 4 nitrogen and oxygen atoms in total. The molecule has 114 valence electrons. The van der Waals surface area contributed by atoms with Crippen LogP contribution in [0.3, 0.4) is 0 Å². The number of aryl methyl sites for hydroxylation is 3. The summed E-state index contributed by atoms with van der Waals surface area (Å²) in [7, 11) is -3.30. The SMILES string of the molecule is Cc1ccccc1CS(=O)(=O)NCCc1nc(C)c(C)s1. The summed E-state index contributed by atoms with van der Waals surface area (Å²) in [6.07, 6.45) is 0.631. The zero-order chi connectivity index (χ0) is 15.5. The van der Waals surface area contributed by atoms with Crippen LogP contribution in [0.5, 0.6) is 0 Å². The first-order valence-corrected chi connectivity index (χ1v) is 9.29. The van der Waals surface area contributed by atoms with Crippen molar-refractivity contribution in [1.82, 2.24) is 9.71 Å². The number of nitrogens with one attached hydrogen (secondary N) is 1. The van der Waals surface area contributed by atoms with E-state index in [0.29, 0.717) is 13.0 Å². The average Bonchev–Trinajstić information content (AvgIpc) is 2.71. The Morgan fingerprint density at radius 2 is 1.90 bits per heavy atom. The van der Waals surface area contributed by atoms with Gasteiger partial charge in [-0.3, -0.25) is 0 Å². The van der Waals surface area contributed by atoms with Gasteiger partial charge >= 0.3 is 0 Å². The van der Waals surface area contributed by atoms with Crippen LogP contribution in [0.1, 0.15) is 26.7 Å². The second kappa shape index (κ2) is 6.68. The van der Waals surface area contributed by atoms with Gasteiger partial charge < -0.3 is 0 Å². The molecule has 0 fully saturated rings. The summed E-state index contributed by atoms with van der Waals surface area (Å²) in [6.45, 7) is 6.31. The van der Waals surface area contributed by atoms with Crippen LogP contribution >= 0.6 is 11.3 Å². The van der Waals surface area contributed by atoms with Crippen LogP contribution in [-0.4, -0.2) is 19.9 Å². The third-order valence-corrected chi connectivity index (χ3v) is 5.81. The summed E-state index contributed by atoms with van der Waals surface area (Å²) < 4.78 is 26.8. The molecule has 1 aromatic heterocycles. The summed E-state index contributed by atoms with van der Waals surface area (Å²) in [4.78, 5) is 5.60. The summed E-state index contributed by atoms with van der Waals surface area (Å²) in [5, 5.41) is 0.976. The fourth-order valence-electron chi connectivity index (χ4n) is 1.99. The Hall–Kier alpha value is -1.24. The Balaban J connectivity index is 1.91. The van der Waals surface area contributed by atoms with Gasteiger partial charge in [-0.05, 0) is 31.9 Å². The van der Waals surface area contributed by atoms with Gasteiger partial charge in [0.1, 0.15) is 0 Å². The molecule has 0 saturated heterocycles. The van der Waals surface area contributed by atoms with Gasteiger partial charge in [0.05, 0.1) is 16.5 Å². The van der Waals surface area contributed by atoms with Crippen molar-refractivity contribution < 1.29 is 8.42 Å². The molecule has 0 aliphatic rings. The molecular formula is C15H20N2O2S2. The fraction of sp³-hybridized carbons (Fsp3) is 0.400. The largest absolute Gasteiger partial charge is 0.246 e. The van der Waals surface area contributed by atoms with E-state index in [-0.39, 0.29) is 5.75 Å². The van der Waals surface area contributed by atoms with E-state index < -0.39 is 10.0 Å². The van der Waals surface area contributed by atoms with Gasteiger partial charge in [-0.15, -0.1) is 11.3 Å². The average molecular weight is 324 g/mol. The maximum atomic E-state index is 12.1. The molecule has 0 radical (unpaired) electrons. The highest BCUT2D eigenvalue weighted by molar-refractivity contribution is 7.88. The molecule has 0 spiro atoms. The van der Waals surface area contributed by atoms with Crippen molar-refractivity contribution in [2.24, 2.45) is 0 Å². The number of aromatic nitrogens is 1. The van der Waals surface area contributed by atoms with E-state index in [9.17, 15) is 8.42 Å². The van der Waals surface area contributed by atoms with Crippen LogP contribution in [-0.2, 0) is 22.2 Å². The predicted octanol–water partition coefficient (Wildman–Crippen LogP) is 2.73. The van der Waals surface area contributed by atoms with Gasteiger partial charge in [0.2, 0.25) is 10.0 Å². The molecule has 0 aliphatic heterocycles. The summed E-state index contributed by atoms with van der Waals surface area (Å²) >= 11 is 1.63. The lowest BCUT2D eigenvalue weighted by atomic mass is 10.1. The van der Waals surface area contributed by atoms with Crippen LogP contribution in [0.15, 0.2) is 24.3 Å². The van der Waals surface area contributed by atoms with Gasteiger partial charge in [-0.1, -0.05) is 24.3 Å². The number of rotatable bonds is 6.